The van der Waals surface area contributed by atoms with Gasteiger partial charge in [-0.3, -0.25) is 4.98 Å². The summed E-state index contributed by atoms with van der Waals surface area (Å²) in [5.74, 6) is -0.283. The molecule has 5 nitrogen and oxygen atoms in total. The Hall–Kier alpha value is -2.51. The highest BCUT2D eigenvalue weighted by Gasteiger charge is 2.17. The van der Waals surface area contributed by atoms with Gasteiger partial charge in [0.05, 0.1) is 12.1 Å². The van der Waals surface area contributed by atoms with Gasteiger partial charge in [0.2, 0.25) is 10.0 Å². The number of aryl methyl sites for hydroxylation is 1. The Morgan fingerprint density at radius 2 is 1.96 bits per heavy atom. The van der Waals surface area contributed by atoms with E-state index < -0.39 is 15.8 Å². The van der Waals surface area contributed by atoms with E-state index in [0.29, 0.717) is 11.9 Å². The summed E-state index contributed by atoms with van der Waals surface area (Å²) in [4.78, 5) is 4.40. The molecule has 0 amide bonds. The molecule has 26 heavy (non-hydrogen) atoms. The monoisotopic (exact) mass is 374 g/mol. The smallest absolute Gasteiger partial charge is 0.242 e. The van der Waals surface area contributed by atoms with Crippen molar-refractivity contribution < 1.29 is 17.5 Å². The number of benzene rings is 2. The molecule has 1 aromatic heterocycles. The van der Waals surface area contributed by atoms with E-state index in [2.05, 4.69) is 9.71 Å². The third-order valence-electron chi connectivity index (χ3n) is 3.81. The highest BCUT2D eigenvalue weighted by Crippen LogP contribution is 2.21. The molecular weight excluding hydrogens is 355 g/mol. The zero-order valence-electron chi connectivity index (χ0n) is 14.3. The second-order valence-electron chi connectivity index (χ2n) is 5.87. The first-order valence-corrected chi connectivity index (χ1v) is 9.68. The first-order valence-electron chi connectivity index (χ1n) is 8.20. The lowest BCUT2D eigenvalue weighted by Gasteiger charge is -2.10. The SMILES string of the molecule is Cc1cnc2c(S(=O)(=O)NCCCOc3ccccc3F)cccc2c1. The van der Waals surface area contributed by atoms with Crippen molar-refractivity contribution in [2.24, 2.45) is 0 Å². The van der Waals surface area contributed by atoms with Gasteiger partial charge in [0.1, 0.15) is 4.90 Å². The molecule has 0 unspecified atom stereocenters. The molecule has 136 valence electrons. The fraction of sp³-hybridized carbons (Fsp3) is 0.211. The predicted octanol–water partition coefficient (Wildman–Crippen LogP) is 3.43. The second-order valence-corrected chi connectivity index (χ2v) is 7.61. The van der Waals surface area contributed by atoms with Gasteiger partial charge in [-0.2, -0.15) is 0 Å². The Bertz CT molecular complexity index is 1020. The summed E-state index contributed by atoms with van der Waals surface area (Å²) in [6.07, 6.45) is 2.05. The van der Waals surface area contributed by atoms with Gasteiger partial charge in [-0.1, -0.05) is 24.3 Å². The number of para-hydroxylation sites is 2. The normalized spacial score (nSPS) is 11.6. The van der Waals surface area contributed by atoms with Crippen LogP contribution in [-0.4, -0.2) is 26.6 Å². The van der Waals surface area contributed by atoms with Crippen molar-refractivity contribution in [2.75, 3.05) is 13.2 Å². The number of halogens is 1. The average molecular weight is 374 g/mol. The highest BCUT2D eigenvalue weighted by atomic mass is 32.2. The van der Waals surface area contributed by atoms with Crippen LogP contribution in [0.5, 0.6) is 5.75 Å². The van der Waals surface area contributed by atoms with Crippen LogP contribution in [0.2, 0.25) is 0 Å². The summed E-state index contributed by atoms with van der Waals surface area (Å²) in [5, 5.41) is 0.774. The van der Waals surface area contributed by atoms with Gasteiger partial charge in [0.15, 0.2) is 11.6 Å². The summed E-state index contributed by atoms with van der Waals surface area (Å²) < 4.78 is 46.4. The standard InChI is InChI=1S/C19H19FN2O3S/c1-14-12-15-6-4-9-18(19(15)21-13-14)26(23,24)22-10-5-11-25-17-8-3-2-7-16(17)20/h2-4,6-9,12-13,22H,5,10-11H2,1H3. The van der Waals surface area contributed by atoms with E-state index >= 15 is 0 Å². The number of fused-ring (bicyclic) bond motifs is 1. The van der Waals surface area contributed by atoms with E-state index in [9.17, 15) is 12.8 Å². The minimum atomic E-state index is -3.70. The fourth-order valence-electron chi connectivity index (χ4n) is 2.56. The quantitative estimate of drug-likeness (QED) is 0.644. The lowest BCUT2D eigenvalue weighted by atomic mass is 10.2. The van der Waals surface area contributed by atoms with Crippen LogP contribution in [0.3, 0.4) is 0 Å². The molecule has 0 aliphatic carbocycles. The second kappa shape index (κ2) is 7.80. The molecule has 0 fully saturated rings. The highest BCUT2D eigenvalue weighted by molar-refractivity contribution is 7.89. The van der Waals surface area contributed by atoms with Crippen LogP contribution in [0.1, 0.15) is 12.0 Å². The molecule has 1 N–H and O–H groups in total. The summed E-state index contributed by atoms with van der Waals surface area (Å²) in [6, 6.07) is 13.0. The summed E-state index contributed by atoms with van der Waals surface area (Å²) in [5.41, 5.74) is 1.40. The number of pyridine rings is 1. The number of aromatic nitrogens is 1. The van der Waals surface area contributed by atoms with E-state index in [0.717, 1.165) is 10.9 Å². The van der Waals surface area contributed by atoms with E-state index in [1.807, 2.05) is 19.1 Å². The Morgan fingerprint density at radius 3 is 2.77 bits per heavy atom. The van der Waals surface area contributed by atoms with Crippen LogP contribution in [-0.2, 0) is 10.0 Å². The number of ether oxygens (including phenoxy) is 1. The van der Waals surface area contributed by atoms with Crippen molar-refractivity contribution >= 4 is 20.9 Å². The molecule has 3 rings (SSSR count). The molecule has 1 heterocycles. The molecule has 0 saturated carbocycles. The Kier molecular flexibility index (Phi) is 5.49. The van der Waals surface area contributed by atoms with Gasteiger partial charge < -0.3 is 4.74 Å². The van der Waals surface area contributed by atoms with E-state index in [1.54, 1.807) is 24.4 Å². The fourth-order valence-corrected chi connectivity index (χ4v) is 3.81. The summed E-state index contributed by atoms with van der Waals surface area (Å²) in [7, 11) is -3.70. The molecule has 0 aliphatic heterocycles. The molecule has 0 atom stereocenters. The zero-order chi connectivity index (χ0) is 18.6. The third kappa shape index (κ3) is 4.17. The minimum Gasteiger partial charge on any atom is -0.490 e. The summed E-state index contributed by atoms with van der Waals surface area (Å²) in [6.45, 7) is 2.29. The first-order chi connectivity index (χ1) is 12.5. The van der Waals surface area contributed by atoms with Crippen LogP contribution in [0.25, 0.3) is 10.9 Å². The maximum atomic E-state index is 13.4. The zero-order valence-corrected chi connectivity index (χ0v) is 15.1. The molecule has 0 bridgehead atoms. The predicted molar refractivity (Wildman–Crippen MR) is 98.2 cm³/mol. The number of rotatable bonds is 7. The number of hydrogen-bond donors (Lipinski definition) is 1. The van der Waals surface area contributed by atoms with Crippen molar-refractivity contribution in [1.29, 1.82) is 0 Å². The lowest BCUT2D eigenvalue weighted by molar-refractivity contribution is 0.296. The van der Waals surface area contributed by atoms with Gasteiger partial charge in [-0.05, 0) is 43.2 Å². The van der Waals surface area contributed by atoms with Crippen molar-refractivity contribution in [2.45, 2.75) is 18.2 Å². The maximum Gasteiger partial charge on any atom is 0.242 e. The van der Waals surface area contributed by atoms with Crippen molar-refractivity contribution in [3.63, 3.8) is 0 Å². The molecule has 0 saturated heterocycles. The maximum absolute atomic E-state index is 13.4. The van der Waals surface area contributed by atoms with E-state index in [1.165, 1.54) is 18.2 Å². The number of nitrogens with one attached hydrogen (secondary N) is 1. The van der Waals surface area contributed by atoms with Crippen LogP contribution in [0.4, 0.5) is 4.39 Å². The van der Waals surface area contributed by atoms with Gasteiger partial charge in [-0.15, -0.1) is 0 Å². The molecular formula is C19H19FN2O3S. The van der Waals surface area contributed by atoms with E-state index in [4.69, 9.17) is 4.74 Å². The molecule has 0 aliphatic rings. The Morgan fingerprint density at radius 1 is 1.15 bits per heavy atom. The Labute approximate surface area is 151 Å². The van der Waals surface area contributed by atoms with Gasteiger partial charge in [0, 0.05) is 18.1 Å². The van der Waals surface area contributed by atoms with Crippen LogP contribution >= 0.6 is 0 Å². The largest absolute Gasteiger partial charge is 0.490 e. The van der Waals surface area contributed by atoms with Crippen LogP contribution in [0.15, 0.2) is 59.6 Å². The van der Waals surface area contributed by atoms with Crippen molar-refractivity contribution in [1.82, 2.24) is 9.71 Å². The van der Waals surface area contributed by atoms with Crippen molar-refractivity contribution in [3.05, 3.63) is 66.1 Å². The number of nitrogens with zero attached hydrogens (tertiary/aromatic N) is 1. The lowest BCUT2D eigenvalue weighted by Crippen LogP contribution is -2.26. The third-order valence-corrected chi connectivity index (χ3v) is 5.30. The molecule has 2 aromatic carbocycles. The van der Waals surface area contributed by atoms with Gasteiger partial charge in [0.25, 0.3) is 0 Å². The minimum absolute atomic E-state index is 0.144. The molecule has 0 radical (unpaired) electrons. The van der Waals surface area contributed by atoms with Crippen LogP contribution in [0, 0.1) is 12.7 Å². The molecule has 0 spiro atoms. The summed E-state index contributed by atoms with van der Waals surface area (Å²) >= 11 is 0. The van der Waals surface area contributed by atoms with E-state index in [-0.39, 0.29) is 23.8 Å². The van der Waals surface area contributed by atoms with Crippen molar-refractivity contribution in [3.8, 4) is 5.75 Å². The Balaban J connectivity index is 1.62. The van der Waals surface area contributed by atoms with Gasteiger partial charge >= 0.3 is 0 Å². The molecule has 3 aromatic rings. The van der Waals surface area contributed by atoms with Crippen LogP contribution < -0.4 is 9.46 Å². The topological polar surface area (TPSA) is 68.3 Å². The average Bonchev–Trinajstić information content (AvgIpc) is 2.62. The first kappa shape index (κ1) is 18.3. The van der Waals surface area contributed by atoms with Gasteiger partial charge in [-0.25, -0.2) is 17.5 Å². The number of hydrogen-bond acceptors (Lipinski definition) is 4. The molecule has 7 heteroatoms. The number of sulfonamides is 1.